The van der Waals surface area contributed by atoms with Crippen LogP contribution in [0.15, 0.2) is 54.7 Å². The predicted molar refractivity (Wildman–Crippen MR) is 124 cm³/mol. The average molecular weight is 498 g/mol. The smallest absolute Gasteiger partial charge is 0.416 e. The molecule has 3 heterocycles. The summed E-state index contributed by atoms with van der Waals surface area (Å²) in [5.74, 6) is -0.687. The molecule has 2 aliphatic heterocycles. The third-order valence-electron chi connectivity index (χ3n) is 5.83. The van der Waals surface area contributed by atoms with Gasteiger partial charge in [0.25, 0.3) is 11.8 Å². The zero-order valence-corrected chi connectivity index (χ0v) is 18.8. The highest BCUT2D eigenvalue weighted by Gasteiger charge is 2.32. The molecule has 36 heavy (non-hydrogen) atoms. The summed E-state index contributed by atoms with van der Waals surface area (Å²) in [6, 6.07) is 11.3. The summed E-state index contributed by atoms with van der Waals surface area (Å²) >= 11 is 0. The first-order chi connectivity index (χ1) is 17.3. The van der Waals surface area contributed by atoms with Crippen molar-refractivity contribution >= 4 is 29.0 Å². The molecule has 1 atom stereocenters. The molecule has 5 rings (SSSR count). The minimum absolute atomic E-state index is 0.0165. The van der Waals surface area contributed by atoms with Crippen molar-refractivity contribution in [2.45, 2.75) is 25.2 Å². The van der Waals surface area contributed by atoms with Crippen LogP contribution in [0.2, 0.25) is 0 Å². The molecule has 11 heteroatoms. The Morgan fingerprint density at radius 1 is 1.17 bits per heavy atom. The van der Waals surface area contributed by atoms with Gasteiger partial charge in [-0.3, -0.25) is 9.59 Å². The van der Waals surface area contributed by atoms with Gasteiger partial charge in [-0.05, 0) is 36.4 Å². The predicted octanol–water partition coefficient (Wildman–Crippen LogP) is 4.51. The summed E-state index contributed by atoms with van der Waals surface area (Å²) in [7, 11) is 0. The van der Waals surface area contributed by atoms with Crippen LogP contribution < -0.4 is 20.7 Å². The standard InChI is InChI=1S/C25H21F3N4O4/c26-25(27,28)14-9-15(11-17(10-14)36-16-6-8-35-13-16)31-24(34)19-4-2-7-29-22(19)32-21-5-1-3-18-20(21)12-30-23(18)33/h1-5,7,9-11,16H,6,8,12-13H2,(H,29,32)(H,30,33)(H,31,34). The fourth-order valence-electron chi connectivity index (χ4n) is 4.09. The number of carbonyl (C=O) groups is 2. The lowest BCUT2D eigenvalue weighted by Crippen LogP contribution is -2.18. The summed E-state index contributed by atoms with van der Waals surface area (Å²) in [4.78, 5) is 29.3. The molecule has 8 nitrogen and oxygen atoms in total. The van der Waals surface area contributed by atoms with Crippen LogP contribution >= 0.6 is 0 Å². The lowest BCUT2D eigenvalue weighted by molar-refractivity contribution is -0.137. The van der Waals surface area contributed by atoms with E-state index in [2.05, 4.69) is 20.9 Å². The van der Waals surface area contributed by atoms with Crippen molar-refractivity contribution < 1.29 is 32.2 Å². The Kier molecular flexibility index (Phi) is 6.23. The van der Waals surface area contributed by atoms with Gasteiger partial charge in [-0.1, -0.05) is 6.07 Å². The number of anilines is 3. The maximum Gasteiger partial charge on any atom is 0.416 e. The van der Waals surface area contributed by atoms with Crippen LogP contribution in [0.4, 0.5) is 30.4 Å². The SMILES string of the molecule is O=C(Nc1cc(OC2CCOC2)cc(C(F)(F)F)c1)c1cccnc1Nc1cccc2c1CNC2=O. The topological polar surface area (TPSA) is 102 Å². The molecule has 0 saturated carbocycles. The van der Waals surface area contributed by atoms with Gasteiger partial charge in [0.1, 0.15) is 17.7 Å². The second kappa shape index (κ2) is 9.50. The molecule has 1 aromatic heterocycles. The van der Waals surface area contributed by atoms with E-state index in [1.165, 1.54) is 18.3 Å². The third-order valence-corrected chi connectivity index (χ3v) is 5.83. The molecular formula is C25H21F3N4O4. The van der Waals surface area contributed by atoms with Crippen LogP contribution in [0, 0.1) is 0 Å². The van der Waals surface area contributed by atoms with Gasteiger partial charge in [-0.2, -0.15) is 13.2 Å². The quantitative estimate of drug-likeness (QED) is 0.463. The Morgan fingerprint density at radius 3 is 2.81 bits per heavy atom. The van der Waals surface area contributed by atoms with E-state index in [0.717, 1.165) is 17.7 Å². The molecule has 3 aromatic rings. The molecule has 2 aliphatic rings. The highest BCUT2D eigenvalue weighted by molar-refractivity contribution is 6.08. The second-order valence-electron chi connectivity index (χ2n) is 8.34. The number of nitrogens with zero attached hydrogens (tertiary/aromatic N) is 1. The van der Waals surface area contributed by atoms with Gasteiger partial charge < -0.3 is 25.4 Å². The Labute approximate surface area is 203 Å². The molecular weight excluding hydrogens is 477 g/mol. The fraction of sp³-hybridized carbons (Fsp3) is 0.240. The number of carbonyl (C=O) groups excluding carboxylic acids is 2. The zero-order chi connectivity index (χ0) is 25.3. The molecule has 2 amide bonds. The van der Waals surface area contributed by atoms with Crippen LogP contribution in [0.1, 0.15) is 38.3 Å². The van der Waals surface area contributed by atoms with Gasteiger partial charge in [0.15, 0.2) is 0 Å². The minimum Gasteiger partial charge on any atom is -0.488 e. The van der Waals surface area contributed by atoms with E-state index in [1.54, 1.807) is 24.3 Å². The van der Waals surface area contributed by atoms with Crippen molar-refractivity contribution in [2.75, 3.05) is 23.8 Å². The molecule has 186 valence electrons. The molecule has 0 aliphatic carbocycles. The first kappa shape index (κ1) is 23.6. The maximum absolute atomic E-state index is 13.5. The number of fused-ring (bicyclic) bond motifs is 1. The largest absolute Gasteiger partial charge is 0.488 e. The number of pyridine rings is 1. The number of halogens is 3. The summed E-state index contributed by atoms with van der Waals surface area (Å²) in [5, 5.41) is 8.34. The van der Waals surface area contributed by atoms with E-state index in [1.807, 2.05) is 0 Å². The first-order valence-electron chi connectivity index (χ1n) is 11.2. The molecule has 1 unspecified atom stereocenters. The van der Waals surface area contributed by atoms with Gasteiger partial charge in [0, 0.05) is 47.7 Å². The Balaban J connectivity index is 1.41. The Bertz CT molecular complexity index is 1320. The first-order valence-corrected chi connectivity index (χ1v) is 11.2. The number of amides is 2. The number of ether oxygens (including phenoxy) is 2. The van der Waals surface area contributed by atoms with Crippen molar-refractivity contribution in [2.24, 2.45) is 0 Å². The van der Waals surface area contributed by atoms with Gasteiger partial charge in [-0.15, -0.1) is 0 Å². The van der Waals surface area contributed by atoms with E-state index in [-0.39, 0.29) is 41.4 Å². The van der Waals surface area contributed by atoms with E-state index in [0.29, 0.717) is 30.8 Å². The van der Waals surface area contributed by atoms with Crippen LogP contribution in [-0.2, 0) is 17.5 Å². The van der Waals surface area contributed by atoms with Crippen molar-refractivity contribution in [3.8, 4) is 5.75 Å². The number of aromatic nitrogens is 1. The monoisotopic (exact) mass is 498 g/mol. The summed E-state index contributed by atoms with van der Waals surface area (Å²) in [6.45, 7) is 1.08. The highest BCUT2D eigenvalue weighted by atomic mass is 19.4. The molecule has 1 saturated heterocycles. The van der Waals surface area contributed by atoms with Crippen LogP contribution in [0.25, 0.3) is 0 Å². The number of benzene rings is 2. The Morgan fingerprint density at radius 2 is 2.03 bits per heavy atom. The van der Waals surface area contributed by atoms with E-state index >= 15 is 0 Å². The lowest BCUT2D eigenvalue weighted by Gasteiger charge is -2.17. The van der Waals surface area contributed by atoms with Crippen molar-refractivity contribution in [1.82, 2.24) is 10.3 Å². The molecule has 0 bridgehead atoms. The van der Waals surface area contributed by atoms with Gasteiger partial charge in [0.05, 0.1) is 24.3 Å². The number of rotatable bonds is 6. The highest BCUT2D eigenvalue weighted by Crippen LogP contribution is 2.35. The van der Waals surface area contributed by atoms with Crippen LogP contribution in [-0.4, -0.2) is 36.1 Å². The van der Waals surface area contributed by atoms with E-state index in [4.69, 9.17) is 9.47 Å². The molecule has 0 radical (unpaired) electrons. The molecule has 0 spiro atoms. The van der Waals surface area contributed by atoms with Crippen molar-refractivity contribution in [3.63, 3.8) is 0 Å². The Hall–Kier alpha value is -4.12. The van der Waals surface area contributed by atoms with Gasteiger partial charge in [-0.25, -0.2) is 4.98 Å². The number of hydrogen-bond donors (Lipinski definition) is 3. The lowest BCUT2D eigenvalue weighted by atomic mass is 10.1. The summed E-state index contributed by atoms with van der Waals surface area (Å²) < 4.78 is 51.4. The van der Waals surface area contributed by atoms with E-state index < -0.39 is 17.6 Å². The minimum atomic E-state index is -4.63. The van der Waals surface area contributed by atoms with Crippen LogP contribution in [0.5, 0.6) is 5.75 Å². The number of nitrogens with one attached hydrogen (secondary N) is 3. The molecule has 1 fully saturated rings. The second-order valence-corrected chi connectivity index (χ2v) is 8.34. The van der Waals surface area contributed by atoms with Crippen molar-refractivity contribution in [1.29, 1.82) is 0 Å². The van der Waals surface area contributed by atoms with Crippen LogP contribution in [0.3, 0.4) is 0 Å². The third kappa shape index (κ3) is 4.96. The average Bonchev–Trinajstić information content (AvgIpc) is 3.49. The van der Waals surface area contributed by atoms with Gasteiger partial charge >= 0.3 is 6.18 Å². The van der Waals surface area contributed by atoms with Gasteiger partial charge in [0.2, 0.25) is 0 Å². The zero-order valence-electron chi connectivity index (χ0n) is 18.8. The van der Waals surface area contributed by atoms with E-state index in [9.17, 15) is 22.8 Å². The van der Waals surface area contributed by atoms with Crippen molar-refractivity contribution in [3.05, 3.63) is 77.0 Å². The summed E-state index contributed by atoms with van der Waals surface area (Å²) in [5.41, 5.74) is 0.925. The number of hydrogen-bond acceptors (Lipinski definition) is 6. The summed E-state index contributed by atoms with van der Waals surface area (Å²) in [6.07, 6.45) is -2.95. The number of alkyl halides is 3. The molecule has 2 aromatic carbocycles. The fourth-order valence-corrected chi connectivity index (χ4v) is 4.09. The molecule has 3 N–H and O–H groups in total. The normalized spacial score (nSPS) is 16.9. The maximum atomic E-state index is 13.5.